The van der Waals surface area contributed by atoms with E-state index in [1.54, 1.807) is 6.20 Å². The number of esters is 1. The van der Waals surface area contributed by atoms with Gasteiger partial charge in [-0.05, 0) is 17.0 Å². The number of hydrogen-bond acceptors (Lipinski definition) is 7. The Labute approximate surface area is 191 Å². The first kappa shape index (κ1) is 22.4. The third kappa shape index (κ3) is 4.70. The molecule has 0 fully saturated rings. The van der Waals surface area contributed by atoms with Crippen LogP contribution >= 0.6 is 0 Å². The molecule has 1 aliphatic heterocycles. The van der Waals surface area contributed by atoms with Crippen molar-refractivity contribution in [3.8, 4) is 0 Å². The number of fused-ring (bicyclic) bond motifs is 1. The van der Waals surface area contributed by atoms with E-state index in [1.807, 2.05) is 60.7 Å². The van der Waals surface area contributed by atoms with Crippen molar-refractivity contribution in [2.45, 2.75) is 24.5 Å². The summed E-state index contributed by atoms with van der Waals surface area (Å²) in [6.07, 6.45) is 2.04. The fraction of sp³-hybridized carbons (Fsp3) is 0.280. The van der Waals surface area contributed by atoms with Crippen molar-refractivity contribution in [1.29, 1.82) is 0 Å². The summed E-state index contributed by atoms with van der Waals surface area (Å²) in [5, 5.41) is 8.77. The summed E-state index contributed by atoms with van der Waals surface area (Å²) in [5.74, 6) is -0.890. The van der Waals surface area contributed by atoms with E-state index in [4.69, 9.17) is 14.3 Å². The lowest BCUT2D eigenvalue weighted by Crippen LogP contribution is -2.47. The highest BCUT2D eigenvalue weighted by atomic mass is 16.7. The summed E-state index contributed by atoms with van der Waals surface area (Å²) in [5.41, 5.74) is 0.399. The average molecular weight is 447 g/mol. The molecule has 2 aromatic carbocycles. The molecule has 0 saturated heterocycles. The molecule has 0 aliphatic carbocycles. The maximum absolute atomic E-state index is 13.1. The van der Waals surface area contributed by atoms with Crippen LogP contribution in [-0.4, -0.2) is 55.0 Å². The Kier molecular flexibility index (Phi) is 6.65. The van der Waals surface area contributed by atoms with Gasteiger partial charge in [0.25, 0.3) is 5.91 Å². The van der Waals surface area contributed by atoms with Gasteiger partial charge in [-0.2, -0.15) is 0 Å². The Morgan fingerprint density at radius 1 is 1.09 bits per heavy atom. The Hall–Kier alpha value is -3.78. The highest BCUT2D eigenvalue weighted by Crippen LogP contribution is 2.31. The van der Waals surface area contributed by atoms with Crippen LogP contribution in [0.2, 0.25) is 0 Å². The Morgan fingerprint density at radius 2 is 1.85 bits per heavy atom. The lowest BCUT2D eigenvalue weighted by Gasteiger charge is -2.24. The molecule has 8 heteroatoms. The maximum Gasteiger partial charge on any atom is 0.353 e. The highest BCUT2D eigenvalue weighted by molar-refractivity contribution is 6.07. The molecule has 0 bridgehead atoms. The van der Waals surface area contributed by atoms with Crippen LogP contribution < -0.4 is 5.32 Å². The number of carbonyl (C=O) groups excluding carboxylic acids is 2. The SMILES string of the molecule is COC[C@H](NC(=O)c1nccc2ccccc12)C1=NOC(Cc2ccccc2)(C(=O)OC)C1. The molecule has 1 amide bonds. The molecule has 8 nitrogen and oxygen atoms in total. The van der Waals surface area contributed by atoms with Gasteiger partial charge in [0, 0.05) is 31.5 Å². The second-order valence-electron chi connectivity index (χ2n) is 7.86. The molecule has 1 aliphatic rings. The van der Waals surface area contributed by atoms with Crippen LogP contribution in [0.1, 0.15) is 22.5 Å². The first-order valence-electron chi connectivity index (χ1n) is 10.6. The third-order valence-electron chi connectivity index (χ3n) is 5.62. The van der Waals surface area contributed by atoms with Crippen LogP contribution in [0.25, 0.3) is 10.8 Å². The third-order valence-corrected chi connectivity index (χ3v) is 5.62. The van der Waals surface area contributed by atoms with Crippen molar-refractivity contribution in [2.75, 3.05) is 20.8 Å². The lowest BCUT2D eigenvalue weighted by atomic mass is 9.88. The number of methoxy groups -OCH3 is 2. The van der Waals surface area contributed by atoms with Gasteiger partial charge in [0.15, 0.2) is 0 Å². The van der Waals surface area contributed by atoms with E-state index in [2.05, 4.69) is 15.5 Å². The Balaban J connectivity index is 1.56. The van der Waals surface area contributed by atoms with Crippen molar-refractivity contribution < 1.29 is 23.9 Å². The second kappa shape index (κ2) is 9.79. The number of rotatable bonds is 8. The monoisotopic (exact) mass is 447 g/mol. The topological polar surface area (TPSA) is 99.1 Å². The standard InChI is InChI=1S/C25H25N3O5/c1-31-16-21(27-23(29)22-19-11-7-6-10-18(19)12-13-26-22)20-15-25(33-28-20,24(30)32-2)14-17-8-4-3-5-9-17/h3-13,21H,14-16H2,1-2H3,(H,27,29)/t21-,25?/m0/s1. The largest absolute Gasteiger partial charge is 0.466 e. The van der Waals surface area contributed by atoms with Crippen LogP contribution in [0.15, 0.2) is 72.0 Å². The quantitative estimate of drug-likeness (QED) is 0.533. The smallest absolute Gasteiger partial charge is 0.353 e. The van der Waals surface area contributed by atoms with Gasteiger partial charge in [-0.1, -0.05) is 59.8 Å². The molecule has 2 heterocycles. The maximum atomic E-state index is 13.1. The van der Waals surface area contributed by atoms with Crippen LogP contribution in [0.4, 0.5) is 0 Å². The van der Waals surface area contributed by atoms with Crippen molar-refractivity contribution in [1.82, 2.24) is 10.3 Å². The highest BCUT2D eigenvalue weighted by Gasteiger charge is 2.49. The second-order valence-corrected chi connectivity index (χ2v) is 7.86. The van der Waals surface area contributed by atoms with Gasteiger partial charge in [0.05, 0.1) is 25.5 Å². The fourth-order valence-corrected chi connectivity index (χ4v) is 3.99. The molecule has 1 aromatic heterocycles. The number of nitrogens with zero attached hydrogens (tertiary/aromatic N) is 2. The summed E-state index contributed by atoms with van der Waals surface area (Å²) in [6.45, 7) is 0.154. The molecule has 1 N–H and O–H groups in total. The number of amides is 1. The minimum absolute atomic E-state index is 0.154. The number of carbonyl (C=O) groups is 2. The fourth-order valence-electron chi connectivity index (χ4n) is 3.99. The first-order valence-corrected chi connectivity index (χ1v) is 10.6. The summed E-state index contributed by atoms with van der Waals surface area (Å²) in [7, 11) is 2.85. The minimum atomic E-state index is -1.31. The van der Waals surface area contributed by atoms with Gasteiger partial charge in [-0.25, -0.2) is 4.79 Å². The Bertz CT molecular complexity index is 1180. The molecule has 3 aromatic rings. The molecule has 0 radical (unpaired) electrons. The molecular weight excluding hydrogens is 422 g/mol. The van der Waals surface area contributed by atoms with Crippen molar-refractivity contribution in [3.63, 3.8) is 0 Å². The van der Waals surface area contributed by atoms with Crippen LogP contribution in [0.5, 0.6) is 0 Å². The molecule has 4 rings (SSSR count). The van der Waals surface area contributed by atoms with Crippen LogP contribution in [0, 0.1) is 0 Å². The van der Waals surface area contributed by atoms with Crippen molar-refractivity contribution in [3.05, 3.63) is 78.1 Å². The number of benzene rings is 2. The van der Waals surface area contributed by atoms with E-state index in [0.717, 1.165) is 16.3 Å². The van der Waals surface area contributed by atoms with Gasteiger partial charge in [0.2, 0.25) is 5.60 Å². The predicted octanol–water partition coefficient (Wildman–Crippen LogP) is 2.91. The molecule has 33 heavy (non-hydrogen) atoms. The number of ether oxygens (including phenoxy) is 2. The van der Waals surface area contributed by atoms with Gasteiger partial charge >= 0.3 is 5.97 Å². The molecule has 1 unspecified atom stereocenters. The van der Waals surface area contributed by atoms with E-state index in [-0.39, 0.29) is 25.4 Å². The average Bonchev–Trinajstić information content (AvgIpc) is 3.28. The van der Waals surface area contributed by atoms with E-state index in [1.165, 1.54) is 14.2 Å². The van der Waals surface area contributed by atoms with Crippen LogP contribution in [-0.2, 0) is 25.5 Å². The van der Waals surface area contributed by atoms with Gasteiger partial charge < -0.3 is 19.6 Å². The minimum Gasteiger partial charge on any atom is -0.466 e. The van der Waals surface area contributed by atoms with E-state index in [9.17, 15) is 9.59 Å². The summed E-state index contributed by atoms with van der Waals surface area (Å²) >= 11 is 0. The summed E-state index contributed by atoms with van der Waals surface area (Å²) in [6, 6.07) is 18.3. The molecule has 2 atom stereocenters. The van der Waals surface area contributed by atoms with E-state index in [0.29, 0.717) is 11.4 Å². The number of aromatic nitrogens is 1. The zero-order valence-corrected chi connectivity index (χ0v) is 18.5. The van der Waals surface area contributed by atoms with E-state index < -0.39 is 17.6 Å². The zero-order chi connectivity index (χ0) is 23.3. The van der Waals surface area contributed by atoms with Crippen molar-refractivity contribution in [2.24, 2.45) is 5.16 Å². The molecule has 170 valence electrons. The van der Waals surface area contributed by atoms with Gasteiger partial charge in [-0.15, -0.1) is 0 Å². The summed E-state index contributed by atoms with van der Waals surface area (Å²) < 4.78 is 10.4. The van der Waals surface area contributed by atoms with Gasteiger partial charge in [0.1, 0.15) is 5.69 Å². The van der Waals surface area contributed by atoms with Crippen LogP contribution in [0.3, 0.4) is 0 Å². The number of pyridine rings is 1. The molecular formula is C25H25N3O5. The number of hydrogen-bond donors (Lipinski definition) is 1. The predicted molar refractivity (Wildman–Crippen MR) is 123 cm³/mol. The Morgan fingerprint density at radius 3 is 2.61 bits per heavy atom. The molecule has 0 spiro atoms. The number of nitrogens with one attached hydrogen (secondary N) is 1. The van der Waals surface area contributed by atoms with Gasteiger partial charge in [-0.3, -0.25) is 9.78 Å². The lowest BCUT2D eigenvalue weighted by molar-refractivity contribution is -0.166. The van der Waals surface area contributed by atoms with E-state index >= 15 is 0 Å². The molecule has 0 saturated carbocycles. The first-order chi connectivity index (χ1) is 16.1. The summed E-state index contributed by atoms with van der Waals surface area (Å²) in [4.78, 5) is 35.8. The zero-order valence-electron chi connectivity index (χ0n) is 18.5. The number of oxime groups is 1. The van der Waals surface area contributed by atoms with Crippen molar-refractivity contribution >= 4 is 28.4 Å². The normalized spacial score (nSPS) is 18.3.